The SMILES string of the molecule is CC(C)(C)ON=C1C(c2ccccc2)=C(c2ccc(S(C)(=O)=O)cc2)C1(C)C. The Labute approximate surface area is 167 Å². The summed E-state index contributed by atoms with van der Waals surface area (Å²) in [6, 6.07) is 17.2. The molecular formula is C23H27NO3S. The van der Waals surface area contributed by atoms with Gasteiger partial charge >= 0.3 is 0 Å². The predicted molar refractivity (Wildman–Crippen MR) is 115 cm³/mol. The molecule has 28 heavy (non-hydrogen) atoms. The second-order valence-corrected chi connectivity index (χ2v) is 10.7. The van der Waals surface area contributed by atoms with Crippen LogP contribution in [0.2, 0.25) is 0 Å². The van der Waals surface area contributed by atoms with Crippen LogP contribution < -0.4 is 0 Å². The molecule has 0 radical (unpaired) electrons. The lowest BCUT2D eigenvalue weighted by atomic mass is 9.60. The van der Waals surface area contributed by atoms with Gasteiger partial charge in [-0.25, -0.2) is 8.42 Å². The molecule has 0 aromatic heterocycles. The summed E-state index contributed by atoms with van der Waals surface area (Å²) >= 11 is 0. The van der Waals surface area contributed by atoms with E-state index in [1.807, 2.05) is 51.1 Å². The van der Waals surface area contributed by atoms with Gasteiger partial charge in [0, 0.05) is 17.2 Å². The van der Waals surface area contributed by atoms with Crippen molar-refractivity contribution in [2.24, 2.45) is 10.6 Å². The van der Waals surface area contributed by atoms with Crippen molar-refractivity contribution in [3.05, 3.63) is 65.7 Å². The molecule has 1 aliphatic carbocycles. The van der Waals surface area contributed by atoms with Crippen LogP contribution in [0.1, 0.15) is 45.7 Å². The van der Waals surface area contributed by atoms with Crippen molar-refractivity contribution < 1.29 is 13.3 Å². The van der Waals surface area contributed by atoms with Crippen LogP contribution in [-0.4, -0.2) is 26.0 Å². The van der Waals surface area contributed by atoms with Gasteiger partial charge in [0.15, 0.2) is 9.84 Å². The molecule has 0 bridgehead atoms. The number of oxime groups is 1. The highest BCUT2D eigenvalue weighted by Crippen LogP contribution is 2.53. The third kappa shape index (κ3) is 3.90. The first-order chi connectivity index (χ1) is 12.9. The summed E-state index contributed by atoms with van der Waals surface area (Å²) in [5.41, 5.74) is 4.44. The van der Waals surface area contributed by atoms with E-state index in [2.05, 4.69) is 31.1 Å². The van der Waals surface area contributed by atoms with E-state index >= 15 is 0 Å². The van der Waals surface area contributed by atoms with Gasteiger partial charge in [-0.1, -0.05) is 47.6 Å². The zero-order valence-corrected chi connectivity index (χ0v) is 18.1. The molecule has 0 atom stereocenters. The molecule has 0 fully saturated rings. The van der Waals surface area contributed by atoms with Gasteiger partial charge in [-0.15, -0.1) is 0 Å². The van der Waals surface area contributed by atoms with Crippen LogP contribution in [0.4, 0.5) is 0 Å². The minimum Gasteiger partial charge on any atom is -0.390 e. The minimum atomic E-state index is -3.22. The van der Waals surface area contributed by atoms with Gasteiger partial charge in [0.25, 0.3) is 0 Å². The number of sulfone groups is 1. The van der Waals surface area contributed by atoms with Crippen molar-refractivity contribution in [3.63, 3.8) is 0 Å². The topological polar surface area (TPSA) is 55.7 Å². The van der Waals surface area contributed by atoms with Gasteiger partial charge in [0.1, 0.15) is 5.60 Å². The summed E-state index contributed by atoms with van der Waals surface area (Å²) in [6.45, 7) is 10.1. The highest BCUT2D eigenvalue weighted by molar-refractivity contribution is 7.90. The van der Waals surface area contributed by atoms with Crippen molar-refractivity contribution >= 4 is 26.7 Å². The number of hydrogen-bond acceptors (Lipinski definition) is 4. The van der Waals surface area contributed by atoms with E-state index in [9.17, 15) is 8.42 Å². The molecule has 0 saturated heterocycles. The average Bonchev–Trinajstić information content (AvgIpc) is 2.59. The Morgan fingerprint density at radius 2 is 1.46 bits per heavy atom. The monoisotopic (exact) mass is 397 g/mol. The molecule has 4 nitrogen and oxygen atoms in total. The number of nitrogens with zero attached hydrogens (tertiary/aromatic N) is 1. The normalized spacial score (nSPS) is 18.1. The molecule has 1 aliphatic rings. The summed E-state index contributed by atoms with van der Waals surface area (Å²) in [5.74, 6) is 0. The average molecular weight is 398 g/mol. The van der Waals surface area contributed by atoms with Gasteiger partial charge in [0.05, 0.1) is 10.6 Å². The van der Waals surface area contributed by atoms with E-state index in [4.69, 9.17) is 4.84 Å². The maximum Gasteiger partial charge on any atom is 0.175 e. The molecule has 2 aromatic carbocycles. The van der Waals surface area contributed by atoms with Crippen molar-refractivity contribution in [1.82, 2.24) is 0 Å². The quantitative estimate of drug-likeness (QED) is 0.665. The Morgan fingerprint density at radius 3 is 1.96 bits per heavy atom. The lowest BCUT2D eigenvalue weighted by Gasteiger charge is -2.42. The van der Waals surface area contributed by atoms with Crippen molar-refractivity contribution in [1.29, 1.82) is 0 Å². The Bertz CT molecular complexity index is 1040. The van der Waals surface area contributed by atoms with Gasteiger partial charge in [-0.05, 0) is 63.5 Å². The molecule has 0 aliphatic heterocycles. The molecule has 0 spiro atoms. The number of rotatable bonds is 4. The molecule has 2 aromatic rings. The summed E-state index contributed by atoms with van der Waals surface area (Å²) in [7, 11) is -3.22. The standard InChI is InChI=1S/C23H27NO3S/c1-22(2,3)27-24-21-19(16-10-8-7-9-11-16)20(23(21,4)5)17-12-14-18(15-13-17)28(6,25)26/h7-15H,1-6H3. The summed E-state index contributed by atoms with van der Waals surface area (Å²) in [4.78, 5) is 6.06. The highest BCUT2D eigenvalue weighted by Gasteiger charge is 2.46. The van der Waals surface area contributed by atoms with E-state index in [0.29, 0.717) is 4.90 Å². The van der Waals surface area contributed by atoms with Gasteiger partial charge in [-0.3, -0.25) is 0 Å². The number of allylic oxidation sites excluding steroid dienone is 2. The fraction of sp³-hybridized carbons (Fsp3) is 0.348. The van der Waals surface area contributed by atoms with Crippen molar-refractivity contribution in [2.45, 2.75) is 45.1 Å². The first-order valence-corrected chi connectivity index (χ1v) is 11.2. The Kier molecular flexibility index (Phi) is 5.00. The third-order valence-corrected chi connectivity index (χ3v) is 5.88. The lowest BCUT2D eigenvalue weighted by molar-refractivity contribution is -0.0000218. The molecule has 5 heteroatoms. The smallest absolute Gasteiger partial charge is 0.175 e. The first-order valence-electron chi connectivity index (χ1n) is 9.29. The lowest BCUT2D eigenvalue weighted by Crippen LogP contribution is -2.38. The first kappa shape index (κ1) is 20.3. The summed E-state index contributed by atoms with van der Waals surface area (Å²) < 4.78 is 23.6. The Balaban J connectivity index is 2.16. The Morgan fingerprint density at radius 1 is 0.893 bits per heavy atom. The van der Waals surface area contributed by atoms with Crippen molar-refractivity contribution in [3.8, 4) is 0 Å². The van der Waals surface area contributed by atoms with Crippen LogP contribution in [-0.2, 0) is 14.7 Å². The molecule has 148 valence electrons. The highest BCUT2D eigenvalue weighted by atomic mass is 32.2. The number of hydrogen-bond donors (Lipinski definition) is 0. The van der Waals surface area contributed by atoms with E-state index in [1.54, 1.807) is 12.1 Å². The van der Waals surface area contributed by atoms with Crippen LogP contribution in [0.5, 0.6) is 0 Å². The van der Waals surface area contributed by atoms with Crippen LogP contribution in [0.15, 0.2) is 64.6 Å². The van der Waals surface area contributed by atoms with Gasteiger partial charge < -0.3 is 4.84 Å². The summed E-state index contributed by atoms with van der Waals surface area (Å²) in [5, 5.41) is 4.51. The third-order valence-electron chi connectivity index (χ3n) is 4.75. The van der Waals surface area contributed by atoms with E-state index in [0.717, 1.165) is 28.0 Å². The van der Waals surface area contributed by atoms with E-state index in [1.165, 1.54) is 6.26 Å². The zero-order valence-electron chi connectivity index (χ0n) is 17.3. The van der Waals surface area contributed by atoms with Crippen LogP contribution in [0.25, 0.3) is 11.1 Å². The predicted octanol–water partition coefficient (Wildman–Crippen LogP) is 5.21. The van der Waals surface area contributed by atoms with Crippen LogP contribution in [0, 0.1) is 5.41 Å². The molecular weight excluding hydrogens is 370 g/mol. The second-order valence-electron chi connectivity index (χ2n) is 8.68. The second kappa shape index (κ2) is 6.89. The largest absolute Gasteiger partial charge is 0.390 e. The number of benzene rings is 2. The fourth-order valence-corrected chi connectivity index (χ4v) is 4.03. The Hall–Kier alpha value is -2.40. The van der Waals surface area contributed by atoms with E-state index < -0.39 is 9.84 Å². The molecule has 0 N–H and O–H groups in total. The molecule has 0 amide bonds. The summed E-state index contributed by atoms with van der Waals surface area (Å²) in [6.07, 6.45) is 1.22. The van der Waals surface area contributed by atoms with Crippen molar-refractivity contribution in [2.75, 3.05) is 6.26 Å². The van der Waals surface area contributed by atoms with Gasteiger partial charge in [-0.2, -0.15) is 0 Å². The minimum absolute atomic E-state index is 0.316. The maximum absolute atomic E-state index is 11.8. The van der Waals surface area contributed by atoms with E-state index in [-0.39, 0.29) is 11.0 Å². The molecule has 0 heterocycles. The maximum atomic E-state index is 11.8. The van der Waals surface area contributed by atoms with Gasteiger partial charge in [0.2, 0.25) is 0 Å². The molecule has 3 rings (SSSR count). The van der Waals surface area contributed by atoms with Crippen LogP contribution >= 0.6 is 0 Å². The molecule has 0 saturated carbocycles. The van der Waals surface area contributed by atoms with Crippen LogP contribution in [0.3, 0.4) is 0 Å². The zero-order chi connectivity index (χ0) is 20.7. The molecule has 0 unspecified atom stereocenters. The fourth-order valence-electron chi connectivity index (χ4n) is 3.40.